The first-order chi connectivity index (χ1) is 6.52. The van der Waals surface area contributed by atoms with E-state index in [2.05, 4.69) is 38.5 Å². The van der Waals surface area contributed by atoms with E-state index in [9.17, 15) is 0 Å². The van der Waals surface area contributed by atoms with Crippen LogP contribution in [0.2, 0.25) is 0 Å². The Labute approximate surface area is 87.8 Å². The van der Waals surface area contributed by atoms with Crippen molar-refractivity contribution in [3.63, 3.8) is 0 Å². The van der Waals surface area contributed by atoms with Crippen LogP contribution in [0.4, 0.5) is 0 Å². The van der Waals surface area contributed by atoms with Crippen molar-refractivity contribution in [2.24, 2.45) is 5.92 Å². The molecule has 0 amide bonds. The quantitative estimate of drug-likeness (QED) is 0.612. The van der Waals surface area contributed by atoms with E-state index in [-0.39, 0.29) is 0 Å². The summed E-state index contributed by atoms with van der Waals surface area (Å²) in [5.41, 5.74) is 3.72. The molecule has 78 valence electrons. The molecule has 0 spiro atoms. The van der Waals surface area contributed by atoms with Gasteiger partial charge in [0.1, 0.15) is 0 Å². The molecule has 1 aliphatic rings. The average molecular weight is 191 g/mol. The maximum absolute atomic E-state index is 4.11. The van der Waals surface area contributed by atoms with Gasteiger partial charge in [-0.3, -0.25) is 0 Å². The Balaban J connectivity index is 2.41. The van der Waals surface area contributed by atoms with Gasteiger partial charge in [0.15, 0.2) is 0 Å². The summed E-state index contributed by atoms with van der Waals surface area (Å²) in [6, 6.07) is 0. The summed E-state index contributed by atoms with van der Waals surface area (Å²) in [4.78, 5) is 2.27. The summed E-state index contributed by atoms with van der Waals surface area (Å²) >= 11 is 0. The molecule has 14 heavy (non-hydrogen) atoms. The van der Waals surface area contributed by atoms with E-state index in [0.29, 0.717) is 5.92 Å². The van der Waals surface area contributed by atoms with Gasteiger partial charge in [-0.1, -0.05) is 25.7 Å². The maximum Gasteiger partial charge on any atom is 0.0227 e. The molecule has 0 bridgehead atoms. The van der Waals surface area contributed by atoms with Crippen molar-refractivity contribution in [3.8, 4) is 0 Å². The lowest BCUT2D eigenvalue weighted by Crippen LogP contribution is -2.17. The van der Waals surface area contributed by atoms with Gasteiger partial charge in [0.25, 0.3) is 0 Å². The van der Waals surface area contributed by atoms with Gasteiger partial charge in [-0.25, -0.2) is 0 Å². The molecular weight excluding hydrogens is 170 g/mol. The number of nitrogens with zero attached hydrogens (tertiary/aromatic N) is 1. The smallest absolute Gasteiger partial charge is 0.0227 e. The molecule has 0 saturated carbocycles. The van der Waals surface area contributed by atoms with Gasteiger partial charge < -0.3 is 4.90 Å². The molecule has 0 aliphatic carbocycles. The van der Waals surface area contributed by atoms with Crippen molar-refractivity contribution in [1.82, 2.24) is 4.90 Å². The standard InChI is InChI=1S/C13H21N/c1-10(2)7-6-8-14-12(4)9-11(3)13(14)5/h11H,1,4-9H2,2-3H3. The van der Waals surface area contributed by atoms with Crippen LogP contribution < -0.4 is 0 Å². The van der Waals surface area contributed by atoms with Crippen LogP contribution in [0, 0.1) is 5.92 Å². The van der Waals surface area contributed by atoms with Gasteiger partial charge in [0, 0.05) is 23.9 Å². The van der Waals surface area contributed by atoms with E-state index in [1.807, 2.05) is 0 Å². The van der Waals surface area contributed by atoms with Crippen molar-refractivity contribution in [2.75, 3.05) is 6.54 Å². The predicted octanol–water partition coefficient (Wildman–Crippen LogP) is 3.71. The Morgan fingerprint density at radius 1 is 1.50 bits per heavy atom. The van der Waals surface area contributed by atoms with Gasteiger partial charge in [-0.15, -0.1) is 6.58 Å². The summed E-state index contributed by atoms with van der Waals surface area (Å²) in [6.07, 6.45) is 3.33. The van der Waals surface area contributed by atoms with Gasteiger partial charge in [-0.2, -0.15) is 0 Å². The summed E-state index contributed by atoms with van der Waals surface area (Å²) in [5, 5.41) is 0. The topological polar surface area (TPSA) is 3.24 Å². The van der Waals surface area contributed by atoms with Crippen LogP contribution in [0.5, 0.6) is 0 Å². The van der Waals surface area contributed by atoms with Crippen LogP contribution in [0.1, 0.15) is 33.1 Å². The zero-order valence-corrected chi connectivity index (χ0v) is 9.47. The van der Waals surface area contributed by atoms with Gasteiger partial charge in [0.2, 0.25) is 0 Å². The molecule has 0 N–H and O–H groups in total. The molecule has 1 nitrogen and oxygen atoms in total. The molecular formula is C13H21N. The Bertz CT molecular complexity index is 262. The Morgan fingerprint density at radius 2 is 2.14 bits per heavy atom. The number of likely N-dealkylation sites (tertiary alicyclic amines) is 1. The predicted molar refractivity (Wildman–Crippen MR) is 62.8 cm³/mol. The highest BCUT2D eigenvalue weighted by atomic mass is 15.2. The van der Waals surface area contributed by atoms with E-state index in [0.717, 1.165) is 25.8 Å². The average Bonchev–Trinajstić information content (AvgIpc) is 2.31. The number of allylic oxidation sites excluding steroid dienone is 3. The van der Waals surface area contributed by atoms with E-state index in [1.54, 1.807) is 0 Å². The van der Waals surface area contributed by atoms with E-state index in [4.69, 9.17) is 0 Å². The minimum atomic E-state index is 0.576. The normalized spacial score (nSPS) is 21.9. The van der Waals surface area contributed by atoms with Crippen molar-refractivity contribution in [1.29, 1.82) is 0 Å². The molecule has 1 aliphatic heterocycles. The fourth-order valence-corrected chi connectivity index (χ4v) is 1.89. The Hall–Kier alpha value is -0.980. The van der Waals surface area contributed by atoms with Crippen LogP contribution in [-0.4, -0.2) is 11.4 Å². The number of rotatable bonds is 4. The molecule has 0 aromatic heterocycles. The van der Waals surface area contributed by atoms with Crippen LogP contribution in [0.25, 0.3) is 0 Å². The third-order valence-electron chi connectivity index (χ3n) is 2.82. The summed E-state index contributed by atoms with van der Waals surface area (Å²) < 4.78 is 0. The van der Waals surface area contributed by atoms with E-state index < -0.39 is 0 Å². The fourth-order valence-electron chi connectivity index (χ4n) is 1.89. The summed E-state index contributed by atoms with van der Waals surface area (Å²) in [5.74, 6) is 0.576. The third-order valence-corrected chi connectivity index (χ3v) is 2.82. The first kappa shape index (κ1) is 11.1. The second-order valence-corrected chi connectivity index (χ2v) is 4.38. The second-order valence-electron chi connectivity index (χ2n) is 4.38. The number of hydrogen-bond donors (Lipinski definition) is 0. The Kier molecular flexibility index (Phi) is 3.56. The number of hydrogen-bond acceptors (Lipinski definition) is 1. The zero-order chi connectivity index (χ0) is 10.7. The Morgan fingerprint density at radius 3 is 2.57 bits per heavy atom. The van der Waals surface area contributed by atoms with Crippen LogP contribution in [0.3, 0.4) is 0 Å². The molecule has 1 fully saturated rings. The molecule has 0 radical (unpaired) electrons. The first-order valence-electron chi connectivity index (χ1n) is 5.31. The molecule has 0 aromatic rings. The minimum absolute atomic E-state index is 0.576. The van der Waals surface area contributed by atoms with E-state index in [1.165, 1.54) is 17.0 Å². The monoisotopic (exact) mass is 191 g/mol. The minimum Gasteiger partial charge on any atom is -0.349 e. The molecule has 1 heteroatoms. The molecule has 1 heterocycles. The summed E-state index contributed by atoms with van der Waals surface area (Å²) in [6.45, 7) is 17.4. The van der Waals surface area contributed by atoms with E-state index >= 15 is 0 Å². The van der Waals surface area contributed by atoms with Crippen molar-refractivity contribution >= 4 is 0 Å². The second kappa shape index (κ2) is 4.50. The molecule has 1 rings (SSSR count). The molecule has 1 saturated heterocycles. The fraction of sp³-hybridized carbons (Fsp3) is 0.538. The van der Waals surface area contributed by atoms with Gasteiger partial charge in [-0.05, 0) is 26.2 Å². The van der Waals surface area contributed by atoms with Crippen LogP contribution >= 0.6 is 0 Å². The van der Waals surface area contributed by atoms with Crippen LogP contribution in [0.15, 0.2) is 36.7 Å². The molecule has 0 aromatic carbocycles. The lowest BCUT2D eigenvalue weighted by atomic mass is 10.1. The largest absolute Gasteiger partial charge is 0.349 e. The highest BCUT2D eigenvalue weighted by Gasteiger charge is 2.25. The van der Waals surface area contributed by atoms with Gasteiger partial charge in [0.05, 0.1) is 0 Å². The van der Waals surface area contributed by atoms with Gasteiger partial charge >= 0.3 is 0 Å². The lowest BCUT2D eigenvalue weighted by Gasteiger charge is -2.21. The molecule has 1 atom stereocenters. The van der Waals surface area contributed by atoms with Crippen molar-refractivity contribution < 1.29 is 0 Å². The maximum atomic E-state index is 4.11. The SMILES string of the molecule is C=C(C)CCCN1C(=C)CC(C)C1=C. The highest BCUT2D eigenvalue weighted by Crippen LogP contribution is 2.33. The first-order valence-corrected chi connectivity index (χ1v) is 5.31. The van der Waals surface area contributed by atoms with Crippen LogP contribution in [-0.2, 0) is 0 Å². The van der Waals surface area contributed by atoms with Crippen molar-refractivity contribution in [2.45, 2.75) is 33.1 Å². The third kappa shape index (κ3) is 2.50. The molecule has 1 unspecified atom stereocenters. The lowest BCUT2D eigenvalue weighted by molar-refractivity contribution is 0.438. The highest BCUT2D eigenvalue weighted by molar-refractivity contribution is 5.19. The summed E-state index contributed by atoms with van der Waals surface area (Å²) in [7, 11) is 0. The zero-order valence-electron chi connectivity index (χ0n) is 9.47. The van der Waals surface area contributed by atoms with Crippen molar-refractivity contribution in [3.05, 3.63) is 36.7 Å².